The van der Waals surface area contributed by atoms with Crippen molar-refractivity contribution in [2.75, 3.05) is 6.54 Å². The lowest BCUT2D eigenvalue weighted by Crippen LogP contribution is -2.37. The molecule has 2 rings (SSSR count). The fraction of sp³-hybridized carbons (Fsp3) is 0.263. The highest BCUT2D eigenvalue weighted by Crippen LogP contribution is 2.30. The summed E-state index contributed by atoms with van der Waals surface area (Å²) in [6.45, 7) is 3.97. The van der Waals surface area contributed by atoms with Crippen LogP contribution in [0.25, 0.3) is 0 Å². The second kappa shape index (κ2) is 8.33. The molecule has 0 fully saturated rings. The van der Waals surface area contributed by atoms with Crippen molar-refractivity contribution in [3.8, 4) is 0 Å². The number of ether oxygens (including phenoxy) is 1. The molecular formula is C19H23FN4O2. The third kappa shape index (κ3) is 5.20. The maximum Gasteiger partial charge on any atom is 0.407 e. The number of nitrogens with one attached hydrogen (secondary N) is 1. The van der Waals surface area contributed by atoms with Gasteiger partial charge in [0.1, 0.15) is 12.3 Å². The van der Waals surface area contributed by atoms with Crippen LogP contribution in [0.2, 0.25) is 0 Å². The average molecular weight is 358 g/mol. The van der Waals surface area contributed by atoms with Crippen LogP contribution in [0.4, 0.5) is 14.9 Å². The largest absolute Gasteiger partial charge is 0.445 e. The molecule has 0 saturated carbocycles. The minimum atomic E-state index is -0.690. The number of rotatable bonds is 6. The van der Waals surface area contributed by atoms with Gasteiger partial charge in [-0.1, -0.05) is 56.3 Å². The van der Waals surface area contributed by atoms with Gasteiger partial charge in [0.2, 0.25) is 0 Å². The summed E-state index contributed by atoms with van der Waals surface area (Å²) in [5.74, 6) is -0.744. The van der Waals surface area contributed by atoms with Crippen molar-refractivity contribution < 1.29 is 13.9 Å². The second-order valence-electron chi connectivity index (χ2n) is 6.47. The van der Waals surface area contributed by atoms with Gasteiger partial charge in [0.05, 0.1) is 0 Å². The van der Waals surface area contributed by atoms with E-state index in [0.717, 1.165) is 5.56 Å². The molecule has 26 heavy (non-hydrogen) atoms. The Morgan fingerprint density at radius 2 is 1.85 bits per heavy atom. The van der Waals surface area contributed by atoms with E-state index in [2.05, 4.69) is 10.3 Å². The number of carbonyl (C=O) groups excluding carboxylic acids is 1. The first kappa shape index (κ1) is 19.2. The van der Waals surface area contributed by atoms with E-state index in [0.29, 0.717) is 5.56 Å². The molecule has 0 radical (unpaired) electrons. The number of nitrogens with two attached hydrogens (primary N) is 2. The summed E-state index contributed by atoms with van der Waals surface area (Å²) in [5, 5.41) is 2.67. The van der Waals surface area contributed by atoms with Crippen molar-refractivity contribution in [3.05, 3.63) is 65.5 Å². The number of halogens is 1. The predicted octanol–water partition coefficient (Wildman–Crippen LogP) is 2.93. The van der Waals surface area contributed by atoms with Gasteiger partial charge in [-0.3, -0.25) is 0 Å². The molecular weight excluding hydrogens is 335 g/mol. The van der Waals surface area contributed by atoms with Gasteiger partial charge in [-0.15, -0.1) is 0 Å². The topological polar surface area (TPSA) is 103 Å². The van der Waals surface area contributed by atoms with Gasteiger partial charge >= 0.3 is 6.09 Å². The predicted molar refractivity (Wildman–Crippen MR) is 99.5 cm³/mol. The fourth-order valence-corrected chi connectivity index (χ4v) is 2.43. The van der Waals surface area contributed by atoms with E-state index in [9.17, 15) is 9.18 Å². The highest BCUT2D eigenvalue weighted by atomic mass is 19.1. The monoisotopic (exact) mass is 358 g/mol. The van der Waals surface area contributed by atoms with Crippen LogP contribution in [0.15, 0.2) is 53.5 Å². The zero-order valence-corrected chi connectivity index (χ0v) is 14.8. The summed E-state index contributed by atoms with van der Waals surface area (Å²) in [6, 6.07) is 14.1. The number of guanidine groups is 1. The van der Waals surface area contributed by atoms with E-state index >= 15 is 0 Å². The summed E-state index contributed by atoms with van der Waals surface area (Å²) in [6.07, 6.45) is -0.567. The number of alkyl carbamates (subject to hydrolysis) is 1. The molecule has 2 aromatic rings. The van der Waals surface area contributed by atoms with E-state index < -0.39 is 17.3 Å². The lowest BCUT2D eigenvalue weighted by molar-refractivity contribution is 0.137. The number of hydrogen-bond acceptors (Lipinski definition) is 3. The lowest BCUT2D eigenvalue weighted by Gasteiger charge is -2.26. The molecule has 0 aliphatic rings. The summed E-state index contributed by atoms with van der Waals surface area (Å²) in [7, 11) is 0. The normalized spacial score (nSPS) is 10.9. The lowest BCUT2D eigenvalue weighted by atomic mass is 9.84. The van der Waals surface area contributed by atoms with Crippen LogP contribution >= 0.6 is 0 Å². The average Bonchev–Trinajstić information content (AvgIpc) is 2.60. The number of nitrogens with zero attached hydrogens (tertiary/aromatic N) is 1. The van der Waals surface area contributed by atoms with E-state index in [1.165, 1.54) is 6.07 Å². The minimum Gasteiger partial charge on any atom is -0.445 e. The molecule has 0 heterocycles. The molecule has 0 atom stereocenters. The van der Waals surface area contributed by atoms with Gasteiger partial charge < -0.3 is 21.5 Å². The summed E-state index contributed by atoms with van der Waals surface area (Å²) < 4.78 is 19.8. The van der Waals surface area contributed by atoms with E-state index in [-0.39, 0.29) is 24.8 Å². The van der Waals surface area contributed by atoms with Gasteiger partial charge in [0, 0.05) is 12.0 Å². The van der Waals surface area contributed by atoms with Gasteiger partial charge in [-0.25, -0.2) is 14.2 Å². The van der Waals surface area contributed by atoms with Crippen LogP contribution in [-0.4, -0.2) is 18.6 Å². The Hall–Kier alpha value is -3.09. The van der Waals surface area contributed by atoms with Crippen LogP contribution in [-0.2, 0) is 16.8 Å². The van der Waals surface area contributed by atoms with Crippen molar-refractivity contribution in [2.24, 2.45) is 16.5 Å². The highest BCUT2D eigenvalue weighted by molar-refractivity contribution is 5.79. The first-order chi connectivity index (χ1) is 12.3. The number of hydrogen-bond donors (Lipinski definition) is 3. The third-order valence-electron chi connectivity index (χ3n) is 3.84. The van der Waals surface area contributed by atoms with Crippen molar-refractivity contribution in [1.29, 1.82) is 0 Å². The number of aliphatic imine (C=N–C) groups is 1. The molecule has 0 unspecified atom stereocenters. The zero-order valence-electron chi connectivity index (χ0n) is 14.8. The molecule has 5 N–H and O–H groups in total. The Balaban J connectivity index is 2.00. The SMILES string of the molecule is CC(C)(CNC(=O)OCc1ccccc1)c1cccc(N=C(N)N)c1F. The summed E-state index contributed by atoms with van der Waals surface area (Å²) in [4.78, 5) is 15.7. The standard InChI is InChI=1S/C19H23FN4O2/c1-19(2,14-9-6-10-15(16(14)20)24-17(21)22)12-23-18(25)26-11-13-7-4-3-5-8-13/h3-10H,11-12H2,1-2H3,(H,23,25)(H4,21,22,24). The van der Waals surface area contributed by atoms with Crippen LogP contribution in [0.5, 0.6) is 0 Å². The fourth-order valence-electron chi connectivity index (χ4n) is 2.43. The number of amides is 1. The Bertz CT molecular complexity index is 787. The molecule has 138 valence electrons. The smallest absolute Gasteiger partial charge is 0.407 e. The number of benzene rings is 2. The molecule has 0 aliphatic heterocycles. The maximum atomic E-state index is 14.7. The van der Waals surface area contributed by atoms with Gasteiger partial charge in [0.25, 0.3) is 0 Å². The molecule has 7 heteroatoms. The van der Waals surface area contributed by atoms with Crippen LogP contribution in [0, 0.1) is 5.82 Å². The van der Waals surface area contributed by atoms with Crippen molar-refractivity contribution in [2.45, 2.75) is 25.9 Å². The molecule has 0 saturated heterocycles. The zero-order chi connectivity index (χ0) is 19.2. The third-order valence-corrected chi connectivity index (χ3v) is 3.84. The van der Waals surface area contributed by atoms with Gasteiger partial charge in [-0.2, -0.15) is 0 Å². The molecule has 2 aromatic carbocycles. The van der Waals surface area contributed by atoms with Crippen molar-refractivity contribution in [3.63, 3.8) is 0 Å². The van der Waals surface area contributed by atoms with Crippen molar-refractivity contribution >= 4 is 17.7 Å². The van der Waals surface area contributed by atoms with Crippen LogP contribution in [0.3, 0.4) is 0 Å². The van der Waals surface area contributed by atoms with Crippen LogP contribution in [0.1, 0.15) is 25.0 Å². The van der Waals surface area contributed by atoms with Crippen molar-refractivity contribution in [1.82, 2.24) is 5.32 Å². The minimum absolute atomic E-state index is 0.0576. The van der Waals surface area contributed by atoms with E-state index in [4.69, 9.17) is 16.2 Å². The molecule has 0 aliphatic carbocycles. The quantitative estimate of drug-likeness (QED) is 0.546. The van der Waals surface area contributed by atoms with Gasteiger partial charge in [0.15, 0.2) is 11.8 Å². The highest BCUT2D eigenvalue weighted by Gasteiger charge is 2.26. The Morgan fingerprint density at radius 1 is 1.15 bits per heavy atom. The van der Waals surface area contributed by atoms with Crippen LogP contribution < -0.4 is 16.8 Å². The first-order valence-electron chi connectivity index (χ1n) is 8.13. The summed E-state index contributed by atoms with van der Waals surface area (Å²) >= 11 is 0. The molecule has 0 aromatic heterocycles. The molecule has 0 bridgehead atoms. The maximum absolute atomic E-state index is 14.7. The van der Waals surface area contributed by atoms with E-state index in [1.807, 2.05) is 44.2 Å². The number of carbonyl (C=O) groups is 1. The molecule has 1 amide bonds. The molecule has 0 spiro atoms. The summed E-state index contributed by atoms with van der Waals surface area (Å²) in [5.41, 5.74) is 11.3. The first-order valence-corrected chi connectivity index (χ1v) is 8.13. The van der Waals surface area contributed by atoms with Gasteiger partial charge in [-0.05, 0) is 17.2 Å². The Kier molecular flexibility index (Phi) is 6.16. The second-order valence-corrected chi connectivity index (χ2v) is 6.47. The molecule has 6 nitrogen and oxygen atoms in total. The Labute approximate surface area is 152 Å². The van der Waals surface area contributed by atoms with E-state index in [1.54, 1.807) is 12.1 Å². The Morgan fingerprint density at radius 3 is 2.50 bits per heavy atom.